The van der Waals surface area contributed by atoms with Crippen molar-refractivity contribution in [3.05, 3.63) is 88.7 Å². The average Bonchev–Trinajstić information content (AvgIpc) is 3.04. The van der Waals surface area contributed by atoms with Crippen LogP contribution in [0.15, 0.2) is 67.0 Å². The van der Waals surface area contributed by atoms with Crippen molar-refractivity contribution in [2.24, 2.45) is 0 Å². The number of alkyl carbamates (subject to hydrolysis) is 1. The first-order chi connectivity index (χ1) is 13.7. The minimum atomic E-state index is -0.486. The van der Waals surface area contributed by atoms with Gasteiger partial charge in [0.15, 0.2) is 0 Å². The van der Waals surface area contributed by atoms with Gasteiger partial charge in [0, 0.05) is 23.9 Å². The molecule has 1 aliphatic rings. The van der Waals surface area contributed by atoms with Gasteiger partial charge in [-0.2, -0.15) is 0 Å². The maximum Gasteiger partial charge on any atom is 0.407 e. The number of hydrogen-bond acceptors (Lipinski definition) is 3. The summed E-state index contributed by atoms with van der Waals surface area (Å²) in [5.41, 5.74) is 5.47. The van der Waals surface area contributed by atoms with Crippen LogP contribution in [0.25, 0.3) is 11.1 Å². The summed E-state index contributed by atoms with van der Waals surface area (Å²) in [7, 11) is 0. The summed E-state index contributed by atoms with van der Waals surface area (Å²) in [6, 6.07) is 18.2. The average molecular weight is 389 g/mol. The molecule has 0 saturated heterocycles. The first kappa shape index (κ1) is 18.1. The first-order valence-electron chi connectivity index (χ1n) is 8.90. The zero-order chi connectivity index (χ0) is 19.3. The quantitative estimate of drug-likeness (QED) is 0.666. The number of nitrogens with one attached hydrogen (secondary N) is 1. The van der Waals surface area contributed by atoms with E-state index in [1.807, 2.05) is 24.3 Å². The van der Waals surface area contributed by atoms with Crippen molar-refractivity contribution in [3.63, 3.8) is 0 Å². The first-order valence-corrected chi connectivity index (χ1v) is 9.28. The lowest BCUT2D eigenvalue weighted by molar-refractivity contribution is 0.144. The van der Waals surface area contributed by atoms with E-state index < -0.39 is 6.09 Å². The molecule has 4 rings (SSSR count). The Morgan fingerprint density at radius 3 is 2.43 bits per heavy atom. The van der Waals surface area contributed by atoms with Gasteiger partial charge in [-0.15, -0.1) is 0 Å². The fourth-order valence-corrected chi connectivity index (χ4v) is 3.57. The number of aromatic nitrogens is 1. The Balaban J connectivity index is 1.35. The largest absolute Gasteiger partial charge is 0.449 e. The molecule has 3 aromatic rings. The van der Waals surface area contributed by atoms with Crippen LogP contribution in [0.2, 0.25) is 5.02 Å². The topological polar surface area (TPSA) is 51.2 Å². The molecule has 1 amide bonds. The number of hydrogen-bond donors (Lipinski definition) is 1. The molecule has 0 spiro atoms. The second-order valence-corrected chi connectivity index (χ2v) is 6.81. The molecule has 0 saturated carbocycles. The SMILES string of the molecule is O=C(NCC#Cc1cncc(Cl)c1)OCC1c2ccccc2-c2ccccc21. The van der Waals surface area contributed by atoms with Gasteiger partial charge in [-0.25, -0.2) is 4.79 Å². The molecule has 138 valence electrons. The smallest absolute Gasteiger partial charge is 0.407 e. The third kappa shape index (κ3) is 3.85. The highest BCUT2D eigenvalue weighted by Crippen LogP contribution is 2.44. The van der Waals surface area contributed by atoms with Crippen LogP contribution in [0, 0.1) is 11.8 Å². The molecule has 0 radical (unpaired) electrons. The molecule has 0 fully saturated rings. The van der Waals surface area contributed by atoms with Crippen LogP contribution in [0.5, 0.6) is 0 Å². The molecule has 1 heterocycles. The van der Waals surface area contributed by atoms with Crippen LogP contribution in [0.4, 0.5) is 4.79 Å². The summed E-state index contributed by atoms with van der Waals surface area (Å²) in [5.74, 6) is 5.80. The molecule has 2 aromatic carbocycles. The van der Waals surface area contributed by atoms with Crippen LogP contribution >= 0.6 is 11.6 Å². The molecule has 28 heavy (non-hydrogen) atoms. The monoisotopic (exact) mass is 388 g/mol. The van der Waals surface area contributed by atoms with Crippen molar-refractivity contribution in [1.82, 2.24) is 10.3 Å². The van der Waals surface area contributed by atoms with Crippen molar-refractivity contribution in [3.8, 4) is 23.0 Å². The van der Waals surface area contributed by atoms with Gasteiger partial charge in [-0.1, -0.05) is 72.0 Å². The number of ether oxygens (including phenoxy) is 1. The van der Waals surface area contributed by atoms with Gasteiger partial charge in [-0.05, 0) is 28.3 Å². The number of pyridine rings is 1. The Morgan fingerprint density at radius 1 is 1.07 bits per heavy atom. The molecule has 0 bridgehead atoms. The van der Waals surface area contributed by atoms with E-state index in [-0.39, 0.29) is 19.1 Å². The summed E-state index contributed by atoms with van der Waals surface area (Å²) in [5, 5.41) is 3.18. The Hall–Kier alpha value is -3.29. The Bertz CT molecular complexity index is 1040. The van der Waals surface area contributed by atoms with Gasteiger partial charge in [0.05, 0.1) is 11.6 Å². The second-order valence-electron chi connectivity index (χ2n) is 6.37. The highest BCUT2D eigenvalue weighted by molar-refractivity contribution is 6.30. The van der Waals surface area contributed by atoms with E-state index in [9.17, 15) is 4.79 Å². The number of carbonyl (C=O) groups excluding carboxylic acids is 1. The van der Waals surface area contributed by atoms with Gasteiger partial charge in [0.1, 0.15) is 6.61 Å². The van der Waals surface area contributed by atoms with Gasteiger partial charge in [0.25, 0.3) is 0 Å². The van der Waals surface area contributed by atoms with Crippen LogP contribution < -0.4 is 5.32 Å². The van der Waals surface area contributed by atoms with Gasteiger partial charge in [0.2, 0.25) is 0 Å². The minimum Gasteiger partial charge on any atom is -0.449 e. The highest BCUT2D eigenvalue weighted by atomic mass is 35.5. The summed E-state index contributed by atoms with van der Waals surface area (Å²) >= 11 is 5.86. The van der Waals surface area contributed by atoms with Gasteiger partial charge < -0.3 is 10.1 Å². The van der Waals surface area contributed by atoms with E-state index >= 15 is 0 Å². The van der Waals surface area contributed by atoms with Gasteiger partial charge in [-0.3, -0.25) is 4.98 Å². The standard InChI is InChI=1S/C23H17ClN2O2/c24-17-12-16(13-25-14-17)6-5-11-26-23(27)28-15-22-20-9-3-1-7-18(20)19-8-2-4-10-21(19)22/h1-4,7-10,12-14,22H,11,15H2,(H,26,27). The number of benzene rings is 2. The van der Waals surface area contributed by atoms with E-state index in [2.05, 4.69) is 46.4 Å². The molecule has 0 aliphatic heterocycles. The minimum absolute atomic E-state index is 0.0433. The number of carbonyl (C=O) groups is 1. The molecular weight excluding hydrogens is 372 g/mol. The zero-order valence-corrected chi connectivity index (χ0v) is 15.7. The molecule has 1 N–H and O–H groups in total. The number of fused-ring (bicyclic) bond motifs is 3. The summed E-state index contributed by atoms with van der Waals surface area (Å²) in [4.78, 5) is 16.0. The maximum atomic E-state index is 12.1. The number of halogens is 1. The molecule has 1 aliphatic carbocycles. The van der Waals surface area contributed by atoms with Crippen molar-refractivity contribution in [2.45, 2.75) is 5.92 Å². The number of nitrogens with zero attached hydrogens (tertiary/aromatic N) is 1. The maximum absolute atomic E-state index is 12.1. The van der Waals surface area contributed by atoms with Crippen molar-refractivity contribution in [1.29, 1.82) is 0 Å². The second kappa shape index (κ2) is 8.16. The lowest BCUT2D eigenvalue weighted by Gasteiger charge is -2.14. The highest BCUT2D eigenvalue weighted by Gasteiger charge is 2.28. The van der Waals surface area contributed by atoms with Crippen molar-refractivity contribution < 1.29 is 9.53 Å². The van der Waals surface area contributed by atoms with Crippen molar-refractivity contribution in [2.75, 3.05) is 13.2 Å². The summed E-state index contributed by atoms with van der Waals surface area (Å²) < 4.78 is 5.46. The fraction of sp³-hybridized carbons (Fsp3) is 0.130. The molecule has 0 atom stereocenters. The van der Waals surface area contributed by atoms with Crippen LogP contribution in [0.1, 0.15) is 22.6 Å². The number of amides is 1. The Labute approximate surface area is 168 Å². The van der Waals surface area contributed by atoms with Crippen LogP contribution in [0.3, 0.4) is 0 Å². The molecule has 1 aromatic heterocycles. The molecule has 5 heteroatoms. The lowest BCUT2D eigenvalue weighted by atomic mass is 9.98. The molecule has 4 nitrogen and oxygen atoms in total. The third-order valence-corrected chi connectivity index (χ3v) is 4.81. The summed E-state index contributed by atoms with van der Waals surface area (Å²) in [6.07, 6.45) is 2.67. The molecular formula is C23H17ClN2O2. The van der Waals surface area contributed by atoms with E-state index in [1.54, 1.807) is 18.5 Å². The van der Waals surface area contributed by atoms with E-state index in [0.29, 0.717) is 10.6 Å². The summed E-state index contributed by atoms with van der Waals surface area (Å²) in [6.45, 7) is 0.467. The van der Waals surface area contributed by atoms with Crippen LogP contribution in [-0.2, 0) is 4.74 Å². The predicted molar refractivity (Wildman–Crippen MR) is 109 cm³/mol. The third-order valence-electron chi connectivity index (χ3n) is 4.60. The molecule has 0 unspecified atom stereocenters. The lowest BCUT2D eigenvalue weighted by Crippen LogP contribution is -2.26. The Kier molecular flexibility index (Phi) is 5.27. The fourth-order valence-electron chi connectivity index (χ4n) is 3.39. The number of rotatable bonds is 3. The predicted octanol–water partition coefficient (Wildman–Crippen LogP) is 4.63. The van der Waals surface area contributed by atoms with Crippen molar-refractivity contribution >= 4 is 17.7 Å². The van der Waals surface area contributed by atoms with E-state index in [4.69, 9.17) is 16.3 Å². The Morgan fingerprint density at radius 2 is 1.75 bits per heavy atom. The van der Waals surface area contributed by atoms with E-state index in [0.717, 1.165) is 0 Å². The van der Waals surface area contributed by atoms with E-state index in [1.165, 1.54) is 22.3 Å². The zero-order valence-electron chi connectivity index (χ0n) is 15.0. The normalized spacial score (nSPS) is 11.8. The van der Waals surface area contributed by atoms with Crippen LogP contribution in [-0.4, -0.2) is 24.2 Å². The van der Waals surface area contributed by atoms with Gasteiger partial charge >= 0.3 is 6.09 Å².